The van der Waals surface area contributed by atoms with Crippen LogP contribution in [0.15, 0.2) is 12.5 Å². The lowest BCUT2D eigenvalue weighted by Gasteiger charge is -2.23. The third kappa shape index (κ3) is 9.11. The van der Waals surface area contributed by atoms with Gasteiger partial charge in [0.15, 0.2) is 0 Å². The SMILES string of the molecule is CC(NC(=O)C(Cc1cnc[nH]1)NC(=O)C(N)CO)C(=O)NC(CCCCN)C(=O)O. The summed E-state index contributed by atoms with van der Waals surface area (Å²) in [5.74, 6) is -3.31. The number of carbonyl (C=O) groups is 4. The number of unbranched alkanes of at least 4 members (excludes halogenated alkanes) is 1. The van der Waals surface area contributed by atoms with E-state index >= 15 is 0 Å². The van der Waals surface area contributed by atoms with Crippen LogP contribution in [0.3, 0.4) is 0 Å². The molecule has 0 saturated heterocycles. The molecule has 13 nitrogen and oxygen atoms in total. The lowest BCUT2D eigenvalue weighted by atomic mass is 10.1. The number of amides is 3. The molecule has 0 bridgehead atoms. The summed E-state index contributed by atoms with van der Waals surface area (Å²) < 4.78 is 0. The van der Waals surface area contributed by atoms with Crippen molar-refractivity contribution in [1.82, 2.24) is 25.9 Å². The maximum atomic E-state index is 12.7. The van der Waals surface area contributed by atoms with Crippen molar-refractivity contribution in [3.8, 4) is 0 Å². The normalized spacial score (nSPS) is 14.7. The molecule has 1 heterocycles. The lowest BCUT2D eigenvalue weighted by molar-refractivity contribution is -0.142. The highest BCUT2D eigenvalue weighted by atomic mass is 16.4. The average molecular weight is 441 g/mol. The fourth-order valence-corrected chi connectivity index (χ4v) is 2.61. The minimum Gasteiger partial charge on any atom is -0.480 e. The van der Waals surface area contributed by atoms with Crippen LogP contribution in [0.4, 0.5) is 0 Å². The topological polar surface area (TPSA) is 226 Å². The van der Waals surface area contributed by atoms with E-state index in [0.29, 0.717) is 25.1 Å². The fourth-order valence-electron chi connectivity index (χ4n) is 2.61. The number of carbonyl (C=O) groups excluding carboxylic acids is 3. The number of carboxylic acids is 1. The standard InChI is InChI=1S/C18H31N7O6/c1-10(15(27)24-13(18(30)31)4-2-3-5-19)23-17(29)14(6-11-7-21-9-22-11)25-16(28)12(20)8-26/h7,9-10,12-14,26H,2-6,8,19-20H2,1H3,(H,21,22)(H,23,29)(H,24,27)(H,25,28)(H,30,31). The van der Waals surface area contributed by atoms with Crippen molar-refractivity contribution in [2.24, 2.45) is 11.5 Å². The first kappa shape index (κ1) is 26.0. The summed E-state index contributed by atoms with van der Waals surface area (Å²) >= 11 is 0. The molecule has 0 saturated carbocycles. The molecule has 0 radical (unpaired) electrons. The van der Waals surface area contributed by atoms with E-state index in [1.165, 1.54) is 19.4 Å². The highest BCUT2D eigenvalue weighted by Crippen LogP contribution is 2.03. The van der Waals surface area contributed by atoms with E-state index in [0.717, 1.165) is 0 Å². The van der Waals surface area contributed by atoms with Crippen molar-refractivity contribution >= 4 is 23.7 Å². The van der Waals surface area contributed by atoms with Crippen LogP contribution in [-0.2, 0) is 25.6 Å². The molecule has 10 N–H and O–H groups in total. The smallest absolute Gasteiger partial charge is 0.326 e. The van der Waals surface area contributed by atoms with Crippen LogP contribution < -0.4 is 27.4 Å². The summed E-state index contributed by atoms with van der Waals surface area (Å²) in [7, 11) is 0. The molecule has 0 spiro atoms. The number of aromatic nitrogens is 2. The van der Waals surface area contributed by atoms with Crippen molar-refractivity contribution in [3.63, 3.8) is 0 Å². The van der Waals surface area contributed by atoms with Crippen molar-refractivity contribution < 1.29 is 29.4 Å². The Morgan fingerprint density at radius 3 is 2.32 bits per heavy atom. The minimum absolute atomic E-state index is 0.0287. The van der Waals surface area contributed by atoms with Gasteiger partial charge in [0.05, 0.1) is 12.9 Å². The maximum Gasteiger partial charge on any atom is 0.326 e. The van der Waals surface area contributed by atoms with E-state index in [1.807, 2.05) is 0 Å². The van der Waals surface area contributed by atoms with Gasteiger partial charge in [-0.2, -0.15) is 0 Å². The third-order valence-electron chi connectivity index (χ3n) is 4.46. The molecule has 0 aliphatic heterocycles. The molecule has 174 valence electrons. The Morgan fingerprint density at radius 1 is 1.10 bits per heavy atom. The molecular formula is C18H31N7O6. The molecule has 1 rings (SSSR count). The van der Waals surface area contributed by atoms with Gasteiger partial charge in [0, 0.05) is 18.3 Å². The Bertz CT molecular complexity index is 727. The zero-order valence-corrected chi connectivity index (χ0v) is 17.3. The summed E-state index contributed by atoms with van der Waals surface area (Å²) in [4.78, 5) is 55.1. The van der Waals surface area contributed by atoms with Gasteiger partial charge < -0.3 is 42.6 Å². The quantitative estimate of drug-likeness (QED) is 0.137. The second kappa shape index (κ2) is 13.3. The maximum absolute atomic E-state index is 12.7. The summed E-state index contributed by atoms with van der Waals surface area (Å²) in [6, 6.07) is -4.51. The van der Waals surface area contributed by atoms with Crippen LogP contribution in [-0.4, -0.2) is 81.2 Å². The number of aliphatic hydroxyl groups is 1. The summed E-state index contributed by atoms with van der Waals surface area (Å²) in [6.45, 7) is 1.19. The van der Waals surface area contributed by atoms with Gasteiger partial charge in [0.25, 0.3) is 0 Å². The second-order valence-electron chi connectivity index (χ2n) is 7.05. The molecule has 0 fully saturated rings. The number of hydrogen-bond donors (Lipinski definition) is 8. The van der Waals surface area contributed by atoms with Gasteiger partial charge in [-0.15, -0.1) is 0 Å². The Kier molecular flexibility index (Phi) is 11.2. The molecule has 1 aromatic heterocycles. The molecule has 1 aromatic rings. The highest BCUT2D eigenvalue weighted by molar-refractivity contribution is 5.94. The highest BCUT2D eigenvalue weighted by Gasteiger charge is 2.28. The zero-order valence-electron chi connectivity index (χ0n) is 17.3. The molecule has 3 amide bonds. The molecule has 13 heteroatoms. The number of carboxylic acid groups (broad SMARTS) is 1. The van der Waals surface area contributed by atoms with Crippen molar-refractivity contribution in [3.05, 3.63) is 18.2 Å². The number of aromatic amines is 1. The first-order valence-corrected chi connectivity index (χ1v) is 9.87. The predicted octanol–water partition coefficient (Wildman–Crippen LogP) is -3.04. The van der Waals surface area contributed by atoms with E-state index in [2.05, 4.69) is 25.9 Å². The molecule has 31 heavy (non-hydrogen) atoms. The summed E-state index contributed by atoms with van der Waals surface area (Å²) in [5, 5.41) is 25.6. The lowest BCUT2D eigenvalue weighted by Crippen LogP contribution is -2.57. The molecular weight excluding hydrogens is 410 g/mol. The molecule has 4 unspecified atom stereocenters. The Balaban J connectivity index is 2.76. The summed E-state index contributed by atoms with van der Waals surface area (Å²) in [6.07, 6.45) is 4.25. The first-order chi connectivity index (χ1) is 14.7. The second-order valence-corrected chi connectivity index (χ2v) is 7.05. The van der Waals surface area contributed by atoms with Gasteiger partial charge in [-0.1, -0.05) is 0 Å². The Morgan fingerprint density at radius 2 is 1.77 bits per heavy atom. The van der Waals surface area contributed by atoms with Gasteiger partial charge in [-0.25, -0.2) is 9.78 Å². The Labute approximate surface area is 179 Å². The molecule has 0 aromatic carbocycles. The third-order valence-corrected chi connectivity index (χ3v) is 4.46. The number of nitrogens with two attached hydrogens (primary N) is 2. The molecule has 0 aliphatic rings. The Hall–Kier alpha value is -3.03. The number of hydrogen-bond acceptors (Lipinski definition) is 8. The fraction of sp³-hybridized carbons (Fsp3) is 0.611. The van der Waals surface area contributed by atoms with E-state index in [1.54, 1.807) is 0 Å². The van der Waals surface area contributed by atoms with Crippen LogP contribution in [0.5, 0.6) is 0 Å². The molecule has 4 atom stereocenters. The van der Waals surface area contributed by atoms with E-state index in [-0.39, 0.29) is 12.8 Å². The largest absolute Gasteiger partial charge is 0.480 e. The first-order valence-electron chi connectivity index (χ1n) is 9.87. The van der Waals surface area contributed by atoms with Gasteiger partial charge in [0.1, 0.15) is 24.2 Å². The van der Waals surface area contributed by atoms with Crippen LogP contribution in [0.2, 0.25) is 0 Å². The predicted molar refractivity (Wildman–Crippen MR) is 109 cm³/mol. The summed E-state index contributed by atoms with van der Waals surface area (Å²) in [5.41, 5.74) is 11.4. The van der Waals surface area contributed by atoms with Crippen LogP contribution in [0.25, 0.3) is 0 Å². The van der Waals surface area contributed by atoms with Crippen molar-refractivity contribution in [2.45, 2.75) is 56.8 Å². The van der Waals surface area contributed by atoms with E-state index < -0.39 is 54.5 Å². The van der Waals surface area contributed by atoms with Crippen molar-refractivity contribution in [1.29, 1.82) is 0 Å². The average Bonchev–Trinajstić information content (AvgIpc) is 3.24. The monoisotopic (exact) mass is 441 g/mol. The van der Waals surface area contributed by atoms with Crippen LogP contribution >= 0.6 is 0 Å². The minimum atomic E-state index is -1.22. The number of aliphatic carboxylic acids is 1. The van der Waals surface area contributed by atoms with E-state index in [9.17, 15) is 24.3 Å². The van der Waals surface area contributed by atoms with E-state index in [4.69, 9.17) is 16.6 Å². The number of nitrogens with one attached hydrogen (secondary N) is 4. The van der Waals surface area contributed by atoms with Gasteiger partial charge in [-0.3, -0.25) is 14.4 Å². The van der Waals surface area contributed by atoms with Crippen LogP contribution in [0, 0.1) is 0 Å². The number of imidazole rings is 1. The van der Waals surface area contributed by atoms with Crippen LogP contribution in [0.1, 0.15) is 31.9 Å². The zero-order chi connectivity index (χ0) is 23.4. The van der Waals surface area contributed by atoms with Gasteiger partial charge in [0.2, 0.25) is 17.7 Å². The van der Waals surface area contributed by atoms with Gasteiger partial charge >= 0.3 is 5.97 Å². The van der Waals surface area contributed by atoms with Gasteiger partial charge in [-0.05, 0) is 32.7 Å². The molecule has 0 aliphatic carbocycles. The number of H-pyrrole nitrogens is 1. The van der Waals surface area contributed by atoms with Crippen molar-refractivity contribution in [2.75, 3.05) is 13.2 Å². The number of rotatable bonds is 14. The number of aliphatic hydroxyl groups excluding tert-OH is 1. The number of nitrogens with zero attached hydrogens (tertiary/aromatic N) is 1.